The fourth-order valence-corrected chi connectivity index (χ4v) is 3.37. The number of likely N-dealkylation sites (N-methyl/N-ethyl adjacent to an activating group) is 1. The van der Waals surface area contributed by atoms with Crippen molar-refractivity contribution < 1.29 is 27.5 Å². The van der Waals surface area contributed by atoms with Crippen molar-refractivity contribution in [2.45, 2.75) is 18.4 Å². The van der Waals surface area contributed by atoms with Gasteiger partial charge >= 0.3 is 5.97 Å². The second-order valence-electron chi connectivity index (χ2n) is 6.17. The molecule has 0 bridgehead atoms. The molecule has 0 saturated carbocycles. The van der Waals surface area contributed by atoms with Crippen molar-refractivity contribution >= 4 is 21.7 Å². The molecule has 150 valence electrons. The lowest BCUT2D eigenvalue weighted by molar-refractivity contribution is -0.133. The molecule has 0 N–H and O–H groups in total. The van der Waals surface area contributed by atoms with Gasteiger partial charge in [0, 0.05) is 19.8 Å². The number of amides is 1. The van der Waals surface area contributed by atoms with Crippen LogP contribution in [0, 0.1) is 0 Å². The molecule has 2 rings (SSSR count). The minimum atomic E-state index is -3.59. The average molecular weight is 405 g/mol. The van der Waals surface area contributed by atoms with E-state index in [0.717, 1.165) is 17.6 Å². The van der Waals surface area contributed by atoms with Crippen molar-refractivity contribution in [3.05, 3.63) is 59.7 Å². The number of carbonyl (C=O) groups is 2. The summed E-state index contributed by atoms with van der Waals surface area (Å²) >= 11 is 0. The summed E-state index contributed by atoms with van der Waals surface area (Å²) in [4.78, 5) is 25.8. The molecule has 28 heavy (non-hydrogen) atoms. The highest BCUT2D eigenvalue weighted by molar-refractivity contribution is 7.90. The van der Waals surface area contributed by atoms with Crippen LogP contribution in [0.4, 0.5) is 0 Å². The standard InChI is InChI=1S/C20H23NO6S/c1-4-26-16-11-9-15(10-12-16)13-21(2)19(22)14-27-20(23)17-7-5-6-8-18(17)28(3,24)25/h5-12H,4,13-14H2,1-3H3. The summed E-state index contributed by atoms with van der Waals surface area (Å²) in [7, 11) is -1.99. The van der Waals surface area contributed by atoms with Crippen LogP contribution in [0.15, 0.2) is 53.4 Å². The van der Waals surface area contributed by atoms with Crippen molar-refractivity contribution in [1.82, 2.24) is 4.90 Å². The SMILES string of the molecule is CCOc1ccc(CN(C)C(=O)COC(=O)c2ccccc2S(C)(=O)=O)cc1. The number of benzene rings is 2. The summed E-state index contributed by atoms with van der Waals surface area (Å²) in [5.74, 6) is -0.512. The Hall–Kier alpha value is -2.87. The van der Waals surface area contributed by atoms with E-state index < -0.39 is 28.3 Å². The lowest BCUT2D eigenvalue weighted by Crippen LogP contribution is -2.31. The van der Waals surface area contributed by atoms with Crippen molar-refractivity contribution in [3.63, 3.8) is 0 Å². The summed E-state index contributed by atoms with van der Waals surface area (Å²) in [6.45, 7) is 2.33. The summed E-state index contributed by atoms with van der Waals surface area (Å²) in [6.07, 6.45) is 1.01. The number of rotatable bonds is 8. The molecule has 7 nitrogen and oxygen atoms in total. The largest absolute Gasteiger partial charge is 0.494 e. The number of sulfone groups is 1. The van der Waals surface area contributed by atoms with Crippen LogP contribution in [-0.2, 0) is 25.9 Å². The summed E-state index contributed by atoms with van der Waals surface area (Å²) in [5, 5.41) is 0. The highest BCUT2D eigenvalue weighted by Gasteiger charge is 2.20. The van der Waals surface area contributed by atoms with Crippen LogP contribution in [0.5, 0.6) is 5.75 Å². The second-order valence-corrected chi connectivity index (χ2v) is 8.16. The molecule has 0 aliphatic rings. The molecule has 0 unspecified atom stereocenters. The van der Waals surface area contributed by atoms with Gasteiger partial charge in [0.15, 0.2) is 16.4 Å². The summed E-state index contributed by atoms with van der Waals surface area (Å²) in [5.41, 5.74) is 0.806. The Labute approximate surface area is 164 Å². The number of ether oxygens (including phenoxy) is 2. The Morgan fingerprint density at radius 1 is 1.04 bits per heavy atom. The minimum absolute atomic E-state index is 0.0908. The van der Waals surface area contributed by atoms with Crippen molar-refractivity contribution in [3.8, 4) is 5.75 Å². The van der Waals surface area contributed by atoms with E-state index in [1.54, 1.807) is 7.05 Å². The zero-order chi connectivity index (χ0) is 20.7. The van der Waals surface area contributed by atoms with E-state index >= 15 is 0 Å². The van der Waals surface area contributed by atoms with E-state index in [2.05, 4.69) is 0 Å². The van der Waals surface area contributed by atoms with Gasteiger partial charge in [0.05, 0.1) is 17.1 Å². The van der Waals surface area contributed by atoms with Crippen molar-refractivity contribution in [2.24, 2.45) is 0 Å². The second kappa shape index (κ2) is 9.36. The van der Waals surface area contributed by atoms with Crippen LogP contribution in [0.2, 0.25) is 0 Å². The summed E-state index contributed by atoms with van der Waals surface area (Å²) < 4.78 is 34.0. The molecule has 0 aliphatic heterocycles. The van der Waals surface area contributed by atoms with E-state index in [0.29, 0.717) is 13.2 Å². The Balaban J connectivity index is 1.95. The van der Waals surface area contributed by atoms with Gasteiger partial charge in [-0.2, -0.15) is 0 Å². The Morgan fingerprint density at radius 2 is 1.68 bits per heavy atom. The van der Waals surface area contributed by atoms with Crippen molar-refractivity contribution in [2.75, 3.05) is 26.5 Å². The molecule has 0 aromatic heterocycles. The smallest absolute Gasteiger partial charge is 0.339 e. The third kappa shape index (κ3) is 5.82. The molecule has 0 aliphatic carbocycles. The van der Waals surface area contributed by atoms with E-state index in [9.17, 15) is 18.0 Å². The first-order valence-electron chi connectivity index (χ1n) is 8.64. The van der Waals surface area contributed by atoms with Crippen LogP contribution in [-0.4, -0.2) is 51.7 Å². The molecule has 0 fully saturated rings. The van der Waals surface area contributed by atoms with Crippen LogP contribution in [0.3, 0.4) is 0 Å². The number of hydrogen-bond donors (Lipinski definition) is 0. The molecule has 1 amide bonds. The van der Waals surface area contributed by atoms with Gasteiger partial charge in [0.2, 0.25) is 0 Å². The normalized spacial score (nSPS) is 11.0. The fourth-order valence-electron chi connectivity index (χ4n) is 2.49. The Bertz CT molecular complexity index is 937. The quantitative estimate of drug-likeness (QED) is 0.626. The van der Waals surface area contributed by atoms with E-state index in [1.807, 2.05) is 31.2 Å². The molecule has 0 spiro atoms. The Kier molecular flexibility index (Phi) is 7.17. The fraction of sp³-hybridized carbons (Fsp3) is 0.300. The zero-order valence-corrected chi connectivity index (χ0v) is 16.9. The van der Waals surface area contributed by atoms with E-state index in [1.165, 1.54) is 29.2 Å². The highest BCUT2D eigenvalue weighted by atomic mass is 32.2. The minimum Gasteiger partial charge on any atom is -0.494 e. The molecule has 0 saturated heterocycles. The number of esters is 1. The molecule has 2 aromatic rings. The van der Waals surface area contributed by atoms with Gasteiger partial charge in [-0.15, -0.1) is 0 Å². The van der Waals surface area contributed by atoms with E-state index in [-0.39, 0.29) is 10.5 Å². The average Bonchev–Trinajstić information content (AvgIpc) is 2.66. The van der Waals surface area contributed by atoms with Gasteiger partial charge < -0.3 is 14.4 Å². The van der Waals surface area contributed by atoms with Gasteiger partial charge in [0.1, 0.15) is 5.75 Å². The van der Waals surface area contributed by atoms with E-state index in [4.69, 9.17) is 9.47 Å². The maximum absolute atomic E-state index is 12.2. The van der Waals surface area contributed by atoms with Crippen LogP contribution < -0.4 is 4.74 Å². The molecular formula is C20H23NO6S. The topological polar surface area (TPSA) is 90.0 Å². The Morgan fingerprint density at radius 3 is 2.29 bits per heavy atom. The third-order valence-corrected chi connectivity index (χ3v) is 5.07. The molecule has 8 heteroatoms. The third-order valence-electron chi connectivity index (χ3n) is 3.91. The van der Waals surface area contributed by atoms with Gasteiger partial charge in [-0.1, -0.05) is 24.3 Å². The zero-order valence-electron chi connectivity index (χ0n) is 16.0. The number of hydrogen-bond acceptors (Lipinski definition) is 6. The maximum Gasteiger partial charge on any atom is 0.339 e. The molecular weight excluding hydrogens is 382 g/mol. The first-order valence-corrected chi connectivity index (χ1v) is 10.5. The number of nitrogens with zero attached hydrogens (tertiary/aromatic N) is 1. The van der Waals surface area contributed by atoms with Gasteiger partial charge in [-0.05, 0) is 36.8 Å². The first kappa shape index (κ1) is 21.4. The van der Waals surface area contributed by atoms with Gasteiger partial charge in [0.25, 0.3) is 5.91 Å². The number of carbonyl (C=O) groups excluding carboxylic acids is 2. The van der Waals surface area contributed by atoms with Crippen molar-refractivity contribution in [1.29, 1.82) is 0 Å². The monoisotopic (exact) mass is 405 g/mol. The summed E-state index contributed by atoms with van der Waals surface area (Å²) in [6, 6.07) is 13.1. The predicted molar refractivity (Wildman–Crippen MR) is 104 cm³/mol. The first-order chi connectivity index (χ1) is 13.2. The molecule has 0 radical (unpaired) electrons. The molecule has 2 aromatic carbocycles. The van der Waals surface area contributed by atoms with Gasteiger partial charge in [-0.3, -0.25) is 4.79 Å². The van der Waals surface area contributed by atoms with Crippen LogP contribution in [0.25, 0.3) is 0 Å². The van der Waals surface area contributed by atoms with Crippen LogP contribution >= 0.6 is 0 Å². The lowest BCUT2D eigenvalue weighted by Gasteiger charge is -2.17. The molecule has 0 atom stereocenters. The predicted octanol–water partition coefficient (Wildman–Crippen LogP) is 2.30. The van der Waals surface area contributed by atoms with Gasteiger partial charge in [-0.25, -0.2) is 13.2 Å². The molecule has 0 heterocycles. The highest BCUT2D eigenvalue weighted by Crippen LogP contribution is 2.17. The van der Waals surface area contributed by atoms with Crippen LogP contribution in [0.1, 0.15) is 22.8 Å². The lowest BCUT2D eigenvalue weighted by atomic mass is 10.2. The maximum atomic E-state index is 12.2.